The van der Waals surface area contributed by atoms with Crippen molar-refractivity contribution >= 4 is 18.0 Å². The van der Waals surface area contributed by atoms with E-state index in [2.05, 4.69) is 13.8 Å². The minimum atomic E-state index is -0.985. The van der Waals surface area contributed by atoms with Crippen LogP contribution in [-0.2, 0) is 9.59 Å². The van der Waals surface area contributed by atoms with Crippen molar-refractivity contribution in [1.29, 1.82) is 0 Å². The molecule has 1 atom stereocenters. The van der Waals surface area contributed by atoms with Crippen molar-refractivity contribution in [2.45, 2.75) is 59.3 Å². The highest BCUT2D eigenvalue weighted by molar-refractivity contribution is 5.90. The van der Waals surface area contributed by atoms with Gasteiger partial charge in [0.2, 0.25) is 0 Å². The molecule has 0 bridgehead atoms. The Labute approximate surface area is 168 Å². The van der Waals surface area contributed by atoms with Crippen LogP contribution in [0.4, 0.5) is 0 Å². The van der Waals surface area contributed by atoms with Gasteiger partial charge in [-0.15, -0.1) is 0 Å². The van der Waals surface area contributed by atoms with Crippen molar-refractivity contribution in [2.75, 3.05) is 0 Å². The SMILES string of the molecule is CCCCC(CC)CC(=CC(=Cc1ccccc1)C=C(CC)C(=O)O)C(=O)O. The Bertz CT molecular complexity index is 726. The first-order chi connectivity index (χ1) is 13.4. The number of hydrogen-bond acceptors (Lipinski definition) is 2. The molecule has 0 aliphatic rings. The second-order valence-corrected chi connectivity index (χ2v) is 6.98. The van der Waals surface area contributed by atoms with Crippen molar-refractivity contribution in [3.05, 3.63) is 64.8 Å². The Balaban J connectivity index is 3.33. The van der Waals surface area contributed by atoms with Gasteiger partial charge < -0.3 is 10.2 Å². The van der Waals surface area contributed by atoms with Gasteiger partial charge in [0.25, 0.3) is 0 Å². The second-order valence-electron chi connectivity index (χ2n) is 6.98. The molecule has 0 aliphatic heterocycles. The highest BCUT2D eigenvalue weighted by Crippen LogP contribution is 2.24. The molecule has 4 heteroatoms. The topological polar surface area (TPSA) is 74.6 Å². The molecule has 0 saturated carbocycles. The summed E-state index contributed by atoms with van der Waals surface area (Å²) in [5, 5.41) is 19.1. The zero-order valence-corrected chi connectivity index (χ0v) is 17.1. The molecule has 2 N–H and O–H groups in total. The maximum atomic E-state index is 11.9. The molecule has 1 aromatic carbocycles. The molecule has 0 aliphatic carbocycles. The van der Waals surface area contributed by atoms with E-state index in [1.54, 1.807) is 19.1 Å². The minimum Gasteiger partial charge on any atom is -0.478 e. The zero-order valence-electron chi connectivity index (χ0n) is 17.1. The average Bonchev–Trinajstić information content (AvgIpc) is 2.68. The van der Waals surface area contributed by atoms with E-state index in [1.807, 2.05) is 36.4 Å². The van der Waals surface area contributed by atoms with Crippen molar-refractivity contribution in [3.63, 3.8) is 0 Å². The van der Waals surface area contributed by atoms with E-state index >= 15 is 0 Å². The normalized spacial score (nSPS) is 14.0. The van der Waals surface area contributed by atoms with Crippen LogP contribution < -0.4 is 0 Å². The van der Waals surface area contributed by atoms with Crippen molar-refractivity contribution in [1.82, 2.24) is 0 Å². The Morgan fingerprint density at radius 1 is 0.964 bits per heavy atom. The molecule has 1 rings (SSSR count). The lowest BCUT2D eigenvalue weighted by molar-refractivity contribution is -0.133. The van der Waals surface area contributed by atoms with Gasteiger partial charge in [-0.1, -0.05) is 76.8 Å². The second kappa shape index (κ2) is 12.7. The summed E-state index contributed by atoms with van der Waals surface area (Å²) in [5.41, 5.74) is 2.06. The van der Waals surface area contributed by atoms with Crippen LogP contribution in [0.2, 0.25) is 0 Å². The van der Waals surface area contributed by atoms with Crippen molar-refractivity contribution in [3.8, 4) is 0 Å². The molecule has 0 fully saturated rings. The molecular weight excluding hydrogens is 352 g/mol. The number of benzene rings is 1. The number of carboxylic acid groups (broad SMARTS) is 2. The van der Waals surface area contributed by atoms with Crippen LogP contribution in [0.3, 0.4) is 0 Å². The summed E-state index contributed by atoms with van der Waals surface area (Å²) in [6, 6.07) is 9.50. The number of hydrogen-bond donors (Lipinski definition) is 2. The molecule has 4 nitrogen and oxygen atoms in total. The molecule has 28 heavy (non-hydrogen) atoms. The fraction of sp³-hybridized carbons (Fsp3) is 0.417. The largest absolute Gasteiger partial charge is 0.478 e. The Hall–Kier alpha value is -2.62. The zero-order chi connectivity index (χ0) is 20.9. The van der Waals surface area contributed by atoms with Gasteiger partial charge in [-0.25, -0.2) is 9.59 Å². The Kier molecular flexibility index (Phi) is 10.6. The van der Waals surface area contributed by atoms with Crippen LogP contribution in [0.5, 0.6) is 0 Å². The quantitative estimate of drug-likeness (QED) is 0.337. The van der Waals surface area contributed by atoms with E-state index in [0.717, 1.165) is 31.2 Å². The maximum absolute atomic E-state index is 11.9. The monoisotopic (exact) mass is 384 g/mol. The number of carboxylic acids is 2. The van der Waals surface area contributed by atoms with Crippen LogP contribution in [0.25, 0.3) is 6.08 Å². The van der Waals surface area contributed by atoms with E-state index in [1.165, 1.54) is 0 Å². The van der Waals surface area contributed by atoms with E-state index in [0.29, 0.717) is 29.9 Å². The van der Waals surface area contributed by atoms with Gasteiger partial charge in [-0.05, 0) is 48.1 Å². The third kappa shape index (κ3) is 8.38. The van der Waals surface area contributed by atoms with Crippen molar-refractivity contribution in [2.24, 2.45) is 5.92 Å². The first kappa shape index (κ1) is 23.4. The third-order valence-corrected chi connectivity index (χ3v) is 4.80. The molecule has 1 unspecified atom stereocenters. The minimum absolute atomic E-state index is 0.251. The summed E-state index contributed by atoms with van der Waals surface area (Å²) in [4.78, 5) is 23.3. The van der Waals surface area contributed by atoms with Crippen LogP contribution in [0, 0.1) is 5.92 Å². The fourth-order valence-electron chi connectivity index (χ4n) is 3.05. The molecule has 0 amide bonds. The summed E-state index contributed by atoms with van der Waals surface area (Å²) in [6.07, 6.45) is 9.97. The third-order valence-electron chi connectivity index (χ3n) is 4.80. The van der Waals surface area contributed by atoms with Crippen LogP contribution in [0.15, 0.2) is 59.2 Å². The summed E-state index contributed by atoms with van der Waals surface area (Å²) in [7, 11) is 0. The number of unbranched alkanes of at least 4 members (excludes halogenated alkanes) is 1. The first-order valence-electron chi connectivity index (χ1n) is 10.1. The fourth-order valence-corrected chi connectivity index (χ4v) is 3.05. The molecule has 152 valence electrons. The van der Waals surface area contributed by atoms with Gasteiger partial charge in [0, 0.05) is 11.1 Å². The maximum Gasteiger partial charge on any atom is 0.331 e. The number of aliphatic carboxylic acids is 2. The number of allylic oxidation sites excluding steroid dienone is 3. The lowest BCUT2D eigenvalue weighted by Crippen LogP contribution is -2.08. The van der Waals surface area contributed by atoms with Gasteiger partial charge in [0.05, 0.1) is 0 Å². The van der Waals surface area contributed by atoms with E-state index < -0.39 is 11.9 Å². The Morgan fingerprint density at radius 2 is 1.57 bits per heavy atom. The van der Waals surface area contributed by atoms with Crippen LogP contribution >= 0.6 is 0 Å². The van der Waals surface area contributed by atoms with Gasteiger partial charge >= 0.3 is 11.9 Å². The standard InChI is InChI=1S/C24H32O4/c1-4-7-11-18(5-2)15-22(24(27)28)17-20(16-21(6-3)23(25)26)14-19-12-9-8-10-13-19/h8-10,12-14,16-18H,4-7,11,15H2,1-3H3,(H,25,26)(H,27,28). The molecule has 0 aromatic heterocycles. The predicted octanol–water partition coefficient (Wildman–Crippen LogP) is 6.11. The Morgan fingerprint density at radius 3 is 2.07 bits per heavy atom. The van der Waals surface area contributed by atoms with E-state index in [4.69, 9.17) is 0 Å². The molecule has 0 saturated heterocycles. The lowest BCUT2D eigenvalue weighted by Gasteiger charge is -2.15. The van der Waals surface area contributed by atoms with Gasteiger partial charge in [-0.3, -0.25) is 0 Å². The van der Waals surface area contributed by atoms with Crippen molar-refractivity contribution < 1.29 is 19.8 Å². The van der Waals surface area contributed by atoms with Crippen LogP contribution in [0.1, 0.15) is 64.9 Å². The number of rotatable bonds is 12. The average molecular weight is 385 g/mol. The first-order valence-corrected chi connectivity index (χ1v) is 10.1. The summed E-state index contributed by atoms with van der Waals surface area (Å²) >= 11 is 0. The molecule has 0 spiro atoms. The molecule has 0 radical (unpaired) electrons. The molecule has 1 aromatic rings. The number of carbonyl (C=O) groups is 2. The highest BCUT2D eigenvalue weighted by atomic mass is 16.4. The predicted molar refractivity (Wildman–Crippen MR) is 114 cm³/mol. The summed E-state index contributed by atoms with van der Waals surface area (Å²) in [5.74, 6) is -1.62. The summed E-state index contributed by atoms with van der Waals surface area (Å²) in [6.45, 7) is 5.99. The lowest BCUT2D eigenvalue weighted by atomic mass is 9.90. The van der Waals surface area contributed by atoms with E-state index in [9.17, 15) is 19.8 Å². The molecular formula is C24H32O4. The van der Waals surface area contributed by atoms with Crippen LogP contribution in [-0.4, -0.2) is 22.2 Å². The van der Waals surface area contributed by atoms with Gasteiger partial charge in [0.15, 0.2) is 0 Å². The summed E-state index contributed by atoms with van der Waals surface area (Å²) < 4.78 is 0. The molecule has 0 heterocycles. The highest BCUT2D eigenvalue weighted by Gasteiger charge is 2.15. The van der Waals surface area contributed by atoms with Gasteiger partial charge in [0.1, 0.15) is 0 Å². The van der Waals surface area contributed by atoms with E-state index in [-0.39, 0.29) is 5.57 Å². The van der Waals surface area contributed by atoms with Gasteiger partial charge in [-0.2, -0.15) is 0 Å². The smallest absolute Gasteiger partial charge is 0.331 e.